The molecule has 2 rings (SSSR count). The molecule has 0 amide bonds. The lowest BCUT2D eigenvalue weighted by Gasteiger charge is -2.28. The summed E-state index contributed by atoms with van der Waals surface area (Å²) >= 11 is 0. The van der Waals surface area contributed by atoms with Crippen LogP contribution in [0.15, 0.2) is 12.4 Å². The average molecular weight is 243 g/mol. The van der Waals surface area contributed by atoms with Crippen LogP contribution in [0.4, 0.5) is 8.78 Å². The Hall–Kier alpha value is -0.970. The van der Waals surface area contributed by atoms with E-state index in [0.29, 0.717) is 19.5 Å². The van der Waals surface area contributed by atoms with Crippen LogP contribution in [-0.2, 0) is 13.6 Å². The summed E-state index contributed by atoms with van der Waals surface area (Å²) in [4.78, 5) is 0. The van der Waals surface area contributed by atoms with Gasteiger partial charge >= 0.3 is 0 Å². The monoisotopic (exact) mass is 243 g/mol. The first-order valence-corrected chi connectivity index (χ1v) is 6.11. The molecule has 0 radical (unpaired) electrons. The van der Waals surface area contributed by atoms with Gasteiger partial charge in [0.05, 0.1) is 6.20 Å². The zero-order valence-electron chi connectivity index (χ0n) is 10.1. The minimum Gasteiger partial charge on any atom is -0.312 e. The molecule has 0 aliphatic heterocycles. The molecular formula is C12H19F2N3. The van der Waals surface area contributed by atoms with E-state index in [9.17, 15) is 8.78 Å². The maximum atomic E-state index is 13.2. The fraction of sp³-hybridized carbons (Fsp3) is 0.750. The highest BCUT2D eigenvalue weighted by Gasteiger charge is 2.35. The molecule has 1 aliphatic carbocycles. The lowest BCUT2D eigenvalue weighted by Crippen LogP contribution is -2.32. The Morgan fingerprint density at radius 1 is 1.59 bits per heavy atom. The standard InChI is InChI=1S/C12H19F2N3/c1-17-9-11(8-16-17)7-15-6-10-3-2-4-12(13,14)5-10/h8-10,15H,2-7H2,1H3. The number of aryl methyl sites for hydroxylation is 1. The van der Waals surface area contributed by atoms with Crippen LogP contribution in [0.25, 0.3) is 0 Å². The highest BCUT2D eigenvalue weighted by molar-refractivity contribution is 5.02. The summed E-state index contributed by atoms with van der Waals surface area (Å²) in [5.41, 5.74) is 1.09. The van der Waals surface area contributed by atoms with E-state index in [1.54, 1.807) is 10.9 Å². The van der Waals surface area contributed by atoms with E-state index >= 15 is 0 Å². The van der Waals surface area contributed by atoms with Crippen molar-refractivity contribution in [2.75, 3.05) is 6.54 Å². The number of nitrogens with one attached hydrogen (secondary N) is 1. The first-order valence-electron chi connectivity index (χ1n) is 6.11. The lowest BCUT2D eigenvalue weighted by atomic mass is 9.86. The fourth-order valence-electron chi connectivity index (χ4n) is 2.43. The number of rotatable bonds is 4. The Labute approximate surface area is 100 Å². The second-order valence-corrected chi connectivity index (χ2v) is 4.97. The number of alkyl halides is 2. The molecule has 1 atom stereocenters. The normalized spacial score (nSPS) is 23.8. The molecular weight excluding hydrogens is 224 g/mol. The Morgan fingerprint density at radius 3 is 3.06 bits per heavy atom. The molecule has 1 fully saturated rings. The Bertz CT molecular complexity index is 362. The second kappa shape index (κ2) is 5.12. The summed E-state index contributed by atoms with van der Waals surface area (Å²) in [5.74, 6) is -2.34. The van der Waals surface area contributed by atoms with E-state index in [4.69, 9.17) is 0 Å². The van der Waals surface area contributed by atoms with Crippen LogP contribution in [0.1, 0.15) is 31.2 Å². The molecule has 1 aromatic heterocycles. The van der Waals surface area contributed by atoms with Gasteiger partial charge in [-0.15, -0.1) is 0 Å². The van der Waals surface area contributed by atoms with Gasteiger partial charge in [0.1, 0.15) is 0 Å². The minimum atomic E-state index is -2.45. The first-order chi connectivity index (χ1) is 8.05. The van der Waals surface area contributed by atoms with Crippen LogP contribution < -0.4 is 5.32 Å². The molecule has 0 spiro atoms. The van der Waals surface area contributed by atoms with Gasteiger partial charge in [-0.05, 0) is 25.3 Å². The van der Waals surface area contributed by atoms with Crippen LogP contribution in [0.5, 0.6) is 0 Å². The highest BCUT2D eigenvalue weighted by Crippen LogP contribution is 2.36. The average Bonchev–Trinajstić information content (AvgIpc) is 2.63. The number of nitrogens with zero attached hydrogens (tertiary/aromatic N) is 2. The topological polar surface area (TPSA) is 29.9 Å². The summed E-state index contributed by atoms with van der Waals surface area (Å²) in [7, 11) is 1.87. The van der Waals surface area contributed by atoms with Gasteiger partial charge in [0.15, 0.2) is 0 Å². The molecule has 1 aliphatic rings. The lowest BCUT2D eigenvalue weighted by molar-refractivity contribution is -0.0520. The summed E-state index contributed by atoms with van der Waals surface area (Å²) in [6.07, 6.45) is 5.38. The van der Waals surface area contributed by atoms with Gasteiger partial charge in [0.25, 0.3) is 0 Å². The van der Waals surface area contributed by atoms with Crippen molar-refractivity contribution in [2.45, 2.75) is 38.2 Å². The van der Waals surface area contributed by atoms with Crippen LogP contribution in [0.2, 0.25) is 0 Å². The zero-order chi connectivity index (χ0) is 12.3. The first kappa shape index (κ1) is 12.5. The SMILES string of the molecule is Cn1cc(CNCC2CCCC(F)(F)C2)cn1. The molecule has 1 unspecified atom stereocenters. The maximum absolute atomic E-state index is 13.2. The van der Waals surface area contributed by atoms with Crippen molar-refractivity contribution in [1.29, 1.82) is 0 Å². The summed E-state index contributed by atoms with van der Waals surface area (Å²) < 4.78 is 28.1. The van der Waals surface area contributed by atoms with Crippen LogP contribution >= 0.6 is 0 Å². The zero-order valence-corrected chi connectivity index (χ0v) is 10.1. The third-order valence-electron chi connectivity index (χ3n) is 3.26. The molecule has 17 heavy (non-hydrogen) atoms. The summed E-state index contributed by atoms with van der Waals surface area (Å²) in [6.45, 7) is 1.38. The summed E-state index contributed by atoms with van der Waals surface area (Å²) in [5, 5.41) is 7.30. The van der Waals surface area contributed by atoms with Crippen LogP contribution in [0.3, 0.4) is 0 Å². The number of halogens is 2. The van der Waals surface area contributed by atoms with Gasteiger partial charge in [0.2, 0.25) is 5.92 Å². The molecule has 0 bridgehead atoms. The Balaban J connectivity index is 1.71. The van der Waals surface area contributed by atoms with E-state index in [1.807, 2.05) is 13.2 Å². The van der Waals surface area contributed by atoms with Crippen molar-refractivity contribution < 1.29 is 8.78 Å². The second-order valence-electron chi connectivity index (χ2n) is 4.97. The summed E-state index contributed by atoms with van der Waals surface area (Å²) in [6, 6.07) is 0. The molecule has 96 valence electrons. The molecule has 0 saturated heterocycles. The molecule has 5 heteroatoms. The number of hydrogen-bond acceptors (Lipinski definition) is 2. The van der Waals surface area contributed by atoms with Crippen molar-refractivity contribution >= 4 is 0 Å². The Kier molecular flexibility index (Phi) is 3.76. The van der Waals surface area contributed by atoms with Crippen molar-refractivity contribution in [3.05, 3.63) is 18.0 Å². The Morgan fingerprint density at radius 2 is 2.41 bits per heavy atom. The maximum Gasteiger partial charge on any atom is 0.248 e. The van der Waals surface area contributed by atoms with Crippen molar-refractivity contribution in [3.63, 3.8) is 0 Å². The van der Waals surface area contributed by atoms with Gasteiger partial charge in [-0.25, -0.2) is 8.78 Å². The number of hydrogen-bond donors (Lipinski definition) is 1. The van der Waals surface area contributed by atoms with E-state index in [-0.39, 0.29) is 18.8 Å². The molecule has 1 heterocycles. The van der Waals surface area contributed by atoms with Crippen LogP contribution in [-0.4, -0.2) is 22.2 Å². The third-order valence-corrected chi connectivity index (χ3v) is 3.26. The molecule has 0 aromatic carbocycles. The van der Waals surface area contributed by atoms with Gasteiger partial charge < -0.3 is 5.32 Å². The number of aromatic nitrogens is 2. The highest BCUT2D eigenvalue weighted by atomic mass is 19.3. The van der Waals surface area contributed by atoms with E-state index in [1.165, 1.54) is 0 Å². The molecule has 3 nitrogen and oxygen atoms in total. The fourth-order valence-corrected chi connectivity index (χ4v) is 2.43. The molecule has 1 saturated carbocycles. The van der Waals surface area contributed by atoms with E-state index < -0.39 is 5.92 Å². The van der Waals surface area contributed by atoms with Gasteiger partial charge in [-0.2, -0.15) is 5.10 Å². The van der Waals surface area contributed by atoms with Gasteiger partial charge in [-0.1, -0.05) is 0 Å². The quantitative estimate of drug-likeness (QED) is 0.879. The van der Waals surface area contributed by atoms with E-state index in [0.717, 1.165) is 12.0 Å². The van der Waals surface area contributed by atoms with Crippen molar-refractivity contribution in [2.24, 2.45) is 13.0 Å². The van der Waals surface area contributed by atoms with Crippen molar-refractivity contribution in [1.82, 2.24) is 15.1 Å². The molecule has 1 N–H and O–H groups in total. The van der Waals surface area contributed by atoms with Crippen molar-refractivity contribution in [3.8, 4) is 0 Å². The molecule has 1 aromatic rings. The van der Waals surface area contributed by atoms with Gasteiger partial charge in [0, 0.05) is 38.2 Å². The third kappa shape index (κ3) is 3.77. The largest absolute Gasteiger partial charge is 0.312 e. The van der Waals surface area contributed by atoms with E-state index in [2.05, 4.69) is 10.4 Å². The van der Waals surface area contributed by atoms with Gasteiger partial charge in [-0.3, -0.25) is 4.68 Å². The smallest absolute Gasteiger partial charge is 0.248 e. The predicted molar refractivity (Wildman–Crippen MR) is 61.8 cm³/mol. The minimum absolute atomic E-state index is 0.0348. The predicted octanol–water partition coefficient (Wildman–Crippen LogP) is 2.34. The van der Waals surface area contributed by atoms with Crippen LogP contribution in [0, 0.1) is 5.92 Å².